The molecule has 5 heteroatoms. The summed E-state index contributed by atoms with van der Waals surface area (Å²) >= 11 is 0. The number of hydrogen-bond acceptors (Lipinski definition) is 3. The molecule has 1 aliphatic rings. The van der Waals surface area contributed by atoms with E-state index in [0.29, 0.717) is 5.92 Å². The first-order valence-corrected chi connectivity index (χ1v) is 6.06. The molecule has 0 radical (unpaired) electrons. The molecule has 0 aromatic heterocycles. The van der Waals surface area contributed by atoms with Gasteiger partial charge in [0.1, 0.15) is 0 Å². The van der Waals surface area contributed by atoms with Crippen molar-refractivity contribution in [2.45, 2.75) is 26.4 Å². The molecule has 0 bridgehead atoms. The monoisotopic (exact) mass is 264 g/mol. The van der Waals surface area contributed by atoms with Gasteiger partial charge in [-0.05, 0) is 19.4 Å². The highest BCUT2D eigenvalue weighted by Gasteiger charge is 2.30. The second kappa shape index (κ2) is 7.90. The third kappa shape index (κ3) is 4.45. The van der Waals surface area contributed by atoms with Gasteiger partial charge in [-0.1, -0.05) is 13.8 Å². The highest BCUT2D eigenvalue weighted by atomic mass is 35.5. The zero-order valence-electron chi connectivity index (χ0n) is 11.2. The molecule has 1 rings (SSSR count). The lowest BCUT2D eigenvalue weighted by molar-refractivity contribution is -0.139. The maximum absolute atomic E-state index is 12.1. The lowest BCUT2D eigenvalue weighted by atomic mass is 9.95. The smallest absolute Gasteiger partial charge is 0.226 e. The second-order valence-corrected chi connectivity index (χ2v) is 4.78. The van der Waals surface area contributed by atoms with Gasteiger partial charge < -0.3 is 15.0 Å². The number of nitrogens with one attached hydrogen (secondary N) is 1. The Kier molecular flexibility index (Phi) is 7.75. The average molecular weight is 265 g/mol. The van der Waals surface area contributed by atoms with Crippen molar-refractivity contribution in [1.29, 1.82) is 0 Å². The summed E-state index contributed by atoms with van der Waals surface area (Å²) in [6, 6.07) is 0. The highest BCUT2D eigenvalue weighted by Crippen LogP contribution is 2.20. The number of likely N-dealkylation sites (tertiary alicyclic amines) is 1. The van der Waals surface area contributed by atoms with Gasteiger partial charge in [-0.15, -0.1) is 12.4 Å². The van der Waals surface area contributed by atoms with E-state index in [2.05, 4.69) is 12.2 Å². The minimum atomic E-state index is 0. The Balaban J connectivity index is 0.00000256. The number of amides is 1. The predicted octanol–water partition coefficient (Wildman–Crippen LogP) is 1.15. The summed E-state index contributed by atoms with van der Waals surface area (Å²) in [6.07, 6.45) is 1.23. The molecule has 3 atom stereocenters. The number of nitrogens with zero attached hydrogens (tertiary/aromatic N) is 1. The van der Waals surface area contributed by atoms with Crippen LogP contribution in [0.1, 0.15) is 20.3 Å². The van der Waals surface area contributed by atoms with Crippen molar-refractivity contribution in [1.82, 2.24) is 10.2 Å². The molecule has 0 aromatic rings. The van der Waals surface area contributed by atoms with E-state index in [1.54, 1.807) is 7.11 Å². The maximum Gasteiger partial charge on any atom is 0.226 e. The fourth-order valence-corrected chi connectivity index (χ4v) is 2.25. The summed E-state index contributed by atoms with van der Waals surface area (Å²) in [7, 11) is 3.60. The molecule has 0 aliphatic carbocycles. The Labute approximate surface area is 110 Å². The molecule has 1 fully saturated rings. The van der Waals surface area contributed by atoms with Gasteiger partial charge in [-0.3, -0.25) is 4.79 Å². The van der Waals surface area contributed by atoms with Gasteiger partial charge >= 0.3 is 0 Å². The first-order chi connectivity index (χ1) is 7.60. The lowest BCUT2D eigenvalue weighted by Gasteiger charge is -2.37. The minimum absolute atomic E-state index is 0. The van der Waals surface area contributed by atoms with Crippen molar-refractivity contribution >= 4 is 18.3 Å². The second-order valence-electron chi connectivity index (χ2n) is 4.78. The SMILES string of the molecule is CNCC(C)C(=O)N1CCC(C)C(OC)C1.Cl. The summed E-state index contributed by atoms with van der Waals surface area (Å²) in [5, 5.41) is 3.04. The highest BCUT2D eigenvalue weighted by molar-refractivity contribution is 5.85. The van der Waals surface area contributed by atoms with E-state index in [4.69, 9.17) is 4.74 Å². The Morgan fingerprint density at radius 3 is 2.76 bits per heavy atom. The van der Waals surface area contributed by atoms with Crippen LogP contribution in [0.4, 0.5) is 0 Å². The number of rotatable bonds is 4. The fraction of sp³-hybridized carbons (Fsp3) is 0.917. The molecule has 1 aliphatic heterocycles. The number of carbonyl (C=O) groups excluding carboxylic acids is 1. The van der Waals surface area contributed by atoms with Crippen LogP contribution in [0.5, 0.6) is 0 Å². The van der Waals surface area contributed by atoms with Crippen LogP contribution in [0.25, 0.3) is 0 Å². The summed E-state index contributed by atoms with van der Waals surface area (Å²) in [4.78, 5) is 14.0. The molecule has 3 unspecified atom stereocenters. The fourth-order valence-electron chi connectivity index (χ4n) is 2.25. The van der Waals surface area contributed by atoms with Crippen LogP contribution in [0.2, 0.25) is 0 Å². The first kappa shape index (κ1) is 16.7. The van der Waals surface area contributed by atoms with Crippen LogP contribution >= 0.6 is 12.4 Å². The van der Waals surface area contributed by atoms with Gasteiger partial charge in [-0.25, -0.2) is 0 Å². The van der Waals surface area contributed by atoms with Gasteiger partial charge in [0.25, 0.3) is 0 Å². The van der Waals surface area contributed by atoms with Crippen LogP contribution in [0, 0.1) is 11.8 Å². The molecule has 1 heterocycles. The van der Waals surface area contributed by atoms with Gasteiger partial charge in [0.05, 0.1) is 6.10 Å². The van der Waals surface area contributed by atoms with Crippen LogP contribution in [-0.2, 0) is 9.53 Å². The van der Waals surface area contributed by atoms with Crippen molar-refractivity contribution in [3.8, 4) is 0 Å². The molecule has 102 valence electrons. The van der Waals surface area contributed by atoms with Crippen molar-refractivity contribution in [2.24, 2.45) is 11.8 Å². The molecule has 0 saturated carbocycles. The van der Waals surface area contributed by atoms with Gasteiger partial charge in [-0.2, -0.15) is 0 Å². The van der Waals surface area contributed by atoms with Crippen molar-refractivity contribution in [2.75, 3.05) is 33.8 Å². The summed E-state index contributed by atoms with van der Waals surface area (Å²) in [6.45, 7) is 6.51. The normalized spacial score (nSPS) is 26.2. The summed E-state index contributed by atoms with van der Waals surface area (Å²) < 4.78 is 5.41. The molecule has 17 heavy (non-hydrogen) atoms. The van der Waals surface area contributed by atoms with E-state index >= 15 is 0 Å². The zero-order chi connectivity index (χ0) is 12.1. The number of methoxy groups -OCH3 is 1. The van der Waals surface area contributed by atoms with E-state index in [0.717, 1.165) is 26.1 Å². The average Bonchev–Trinajstić information content (AvgIpc) is 2.29. The Morgan fingerprint density at radius 2 is 2.24 bits per heavy atom. The summed E-state index contributed by atoms with van der Waals surface area (Å²) in [5.74, 6) is 0.841. The molecule has 0 spiro atoms. The van der Waals surface area contributed by atoms with Gasteiger partial charge in [0, 0.05) is 32.7 Å². The number of hydrogen-bond donors (Lipinski definition) is 1. The third-order valence-electron chi connectivity index (χ3n) is 3.44. The Morgan fingerprint density at radius 1 is 1.59 bits per heavy atom. The number of ether oxygens (including phenoxy) is 1. The molecular weight excluding hydrogens is 240 g/mol. The van der Waals surface area contributed by atoms with E-state index in [-0.39, 0.29) is 30.3 Å². The molecule has 1 amide bonds. The van der Waals surface area contributed by atoms with Crippen LogP contribution in [0.3, 0.4) is 0 Å². The third-order valence-corrected chi connectivity index (χ3v) is 3.44. The molecule has 1 N–H and O–H groups in total. The molecule has 1 saturated heterocycles. The lowest BCUT2D eigenvalue weighted by Crippen LogP contribution is -2.49. The quantitative estimate of drug-likeness (QED) is 0.828. The van der Waals surface area contributed by atoms with Crippen molar-refractivity contribution in [3.05, 3.63) is 0 Å². The van der Waals surface area contributed by atoms with Crippen LogP contribution in [-0.4, -0.2) is 50.7 Å². The Bertz CT molecular complexity index is 239. The summed E-state index contributed by atoms with van der Waals surface area (Å²) in [5.41, 5.74) is 0. The van der Waals surface area contributed by atoms with Gasteiger partial charge in [0.15, 0.2) is 0 Å². The zero-order valence-corrected chi connectivity index (χ0v) is 12.0. The van der Waals surface area contributed by atoms with E-state index < -0.39 is 0 Å². The van der Waals surface area contributed by atoms with Crippen molar-refractivity contribution in [3.63, 3.8) is 0 Å². The predicted molar refractivity (Wildman–Crippen MR) is 71.5 cm³/mol. The standard InChI is InChI=1S/C12H24N2O2.ClH/c1-9-5-6-14(8-11(9)16-4)12(15)10(2)7-13-3;/h9-11,13H,5-8H2,1-4H3;1H. The van der Waals surface area contributed by atoms with E-state index in [9.17, 15) is 4.79 Å². The topological polar surface area (TPSA) is 41.6 Å². The largest absolute Gasteiger partial charge is 0.379 e. The van der Waals surface area contributed by atoms with E-state index in [1.807, 2.05) is 18.9 Å². The number of halogens is 1. The minimum Gasteiger partial charge on any atom is -0.379 e. The maximum atomic E-state index is 12.1. The Hall–Kier alpha value is -0.320. The molecule has 4 nitrogen and oxygen atoms in total. The van der Waals surface area contributed by atoms with Crippen LogP contribution in [0.15, 0.2) is 0 Å². The van der Waals surface area contributed by atoms with Crippen LogP contribution < -0.4 is 5.32 Å². The van der Waals surface area contributed by atoms with Gasteiger partial charge in [0.2, 0.25) is 5.91 Å². The number of carbonyl (C=O) groups is 1. The number of piperidine rings is 1. The first-order valence-electron chi connectivity index (χ1n) is 6.06. The molecular formula is C12H25ClN2O2. The van der Waals surface area contributed by atoms with E-state index in [1.165, 1.54) is 0 Å². The van der Waals surface area contributed by atoms with Crippen molar-refractivity contribution < 1.29 is 9.53 Å². The molecule has 0 aromatic carbocycles.